The van der Waals surface area contributed by atoms with E-state index in [0.29, 0.717) is 11.9 Å². The Balaban J connectivity index is 1.50. The minimum atomic E-state index is 0.180. The van der Waals surface area contributed by atoms with Crippen molar-refractivity contribution in [1.82, 2.24) is 19.6 Å². The first-order valence-electron chi connectivity index (χ1n) is 9.36. The van der Waals surface area contributed by atoms with Crippen molar-refractivity contribution in [2.45, 2.75) is 38.8 Å². The maximum atomic E-state index is 12.7. The van der Waals surface area contributed by atoms with Gasteiger partial charge in [-0.1, -0.05) is 19.1 Å². The number of hydrogen-bond acceptors (Lipinski definition) is 3. The SMILES string of the molecule is CCCN1C(=O)[C@H]2CC[C@@H]1CN(Cc1cccc(-n3cccn3)c1)C2. The molecule has 0 radical (unpaired) electrons. The van der Waals surface area contributed by atoms with Gasteiger partial charge in [0.25, 0.3) is 0 Å². The lowest BCUT2D eigenvalue weighted by atomic mass is 9.94. The van der Waals surface area contributed by atoms with Crippen LogP contribution in [0.15, 0.2) is 42.7 Å². The lowest BCUT2D eigenvalue weighted by Gasteiger charge is -2.35. The molecule has 2 atom stereocenters. The third kappa shape index (κ3) is 3.33. The molecule has 3 fully saturated rings. The van der Waals surface area contributed by atoms with Crippen LogP contribution in [0, 0.1) is 5.92 Å². The molecule has 3 saturated heterocycles. The Labute approximate surface area is 149 Å². The van der Waals surface area contributed by atoms with Crippen LogP contribution < -0.4 is 0 Å². The van der Waals surface area contributed by atoms with Crippen LogP contribution in [0.1, 0.15) is 31.7 Å². The molecule has 1 amide bonds. The third-order valence-electron chi connectivity index (χ3n) is 5.42. The number of carbonyl (C=O) groups is 1. The molecule has 0 unspecified atom stereocenters. The number of carbonyl (C=O) groups excluding carboxylic acids is 1. The summed E-state index contributed by atoms with van der Waals surface area (Å²) in [5, 5.41) is 4.32. The predicted molar refractivity (Wildman–Crippen MR) is 97.4 cm³/mol. The van der Waals surface area contributed by atoms with Crippen LogP contribution in [0.3, 0.4) is 0 Å². The molecule has 0 N–H and O–H groups in total. The molecule has 5 nitrogen and oxygen atoms in total. The van der Waals surface area contributed by atoms with Gasteiger partial charge in [0.1, 0.15) is 0 Å². The van der Waals surface area contributed by atoms with E-state index in [0.717, 1.165) is 51.1 Å². The maximum Gasteiger partial charge on any atom is 0.227 e. The Bertz CT molecular complexity index is 727. The van der Waals surface area contributed by atoms with Gasteiger partial charge in [0.05, 0.1) is 11.6 Å². The summed E-state index contributed by atoms with van der Waals surface area (Å²) in [4.78, 5) is 17.3. The molecule has 0 aliphatic carbocycles. The predicted octanol–water partition coefficient (Wildman–Crippen LogP) is 2.71. The van der Waals surface area contributed by atoms with E-state index in [9.17, 15) is 4.79 Å². The summed E-state index contributed by atoms with van der Waals surface area (Å²) in [5.41, 5.74) is 2.37. The number of hydrogen-bond donors (Lipinski definition) is 0. The minimum absolute atomic E-state index is 0.180. The van der Waals surface area contributed by atoms with E-state index < -0.39 is 0 Å². The molecule has 3 aliphatic rings. The number of nitrogens with zero attached hydrogens (tertiary/aromatic N) is 4. The average molecular weight is 338 g/mol. The van der Waals surface area contributed by atoms with Crippen molar-refractivity contribution in [3.05, 3.63) is 48.3 Å². The molecular weight excluding hydrogens is 312 g/mol. The van der Waals surface area contributed by atoms with Crippen LogP contribution in [-0.4, -0.2) is 51.2 Å². The average Bonchev–Trinajstić information content (AvgIpc) is 3.04. The lowest BCUT2D eigenvalue weighted by molar-refractivity contribution is -0.139. The second-order valence-corrected chi connectivity index (χ2v) is 7.27. The third-order valence-corrected chi connectivity index (χ3v) is 5.42. The van der Waals surface area contributed by atoms with Crippen LogP contribution in [-0.2, 0) is 11.3 Å². The van der Waals surface area contributed by atoms with Gasteiger partial charge in [-0.3, -0.25) is 9.69 Å². The van der Waals surface area contributed by atoms with Gasteiger partial charge in [-0.25, -0.2) is 4.68 Å². The second-order valence-electron chi connectivity index (χ2n) is 7.27. The Morgan fingerprint density at radius 3 is 2.92 bits per heavy atom. The second kappa shape index (κ2) is 7.00. The van der Waals surface area contributed by atoms with Gasteiger partial charge in [0, 0.05) is 44.6 Å². The van der Waals surface area contributed by atoms with Crippen molar-refractivity contribution in [3.63, 3.8) is 0 Å². The number of piperidine rings is 1. The summed E-state index contributed by atoms with van der Waals surface area (Å²) in [6.45, 7) is 5.85. The molecule has 1 aromatic carbocycles. The smallest absolute Gasteiger partial charge is 0.227 e. The fraction of sp³-hybridized carbons (Fsp3) is 0.500. The Kier molecular flexibility index (Phi) is 4.57. The van der Waals surface area contributed by atoms with Crippen molar-refractivity contribution in [2.75, 3.05) is 19.6 Å². The Morgan fingerprint density at radius 1 is 1.20 bits per heavy atom. The molecule has 5 rings (SSSR count). The summed E-state index contributed by atoms with van der Waals surface area (Å²) in [6.07, 6.45) is 7.01. The van der Waals surface area contributed by atoms with Crippen LogP contribution in [0.2, 0.25) is 0 Å². The summed E-state index contributed by atoms with van der Waals surface area (Å²) in [6, 6.07) is 10.9. The van der Waals surface area contributed by atoms with Crippen LogP contribution in [0.5, 0.6) is 0 Å². The molecule has 0 spiro atoms. The molecule has 5 heteroatoms. The van der Waals surface area contributed by atoms with Crippen LogP contribution in [0.4, 0.5) is 0 Å². The zero-order valence-corrected chi connectivity index (χ0v) is 14.8. The molecule has 2 bridgehead atoms. The van der Waals surface area contributed by atoms with E-state index >= 15 is 0 Å². The van der Waals surface area contributed by atoms with Gasteiger partial charge in [0.15, 0.2) is 0 Å². The summed E-state index contributed by atoms with van der Waals surface area (Å²) in [7, 11) is 0. The van der Waals surface area contributed by atoms with E-state index in [1.807, 2.05) is 16.9 Å². The lowest BCUT2D eigenvalue weighted by Crippen LogP contribution is -2.48. The number of aromatic nitrogens is 2. The number of rotatable bonds is 5. The van der Waals surface area contributed by atoms with Crippen LogP contribution in [0.25, 0.3) is 5.69 Å². The molecule has 1 aromatic heterocycles. The molecule has 3 aliphatic heterocycles. The van der Waals surface area contributed by atoms with Crippen molar-refractivity contribution >= 4 is 5.91 Å². The first-order chi connectivity index (χ1) is 12.2. The Morgan fingerprint density at radius 2 is 2.12 bits per heavy atom. The summed E-state index contributed by atoms with van der Waals surface area (Å²) < 4.78 is 1.89. The van der Waals surface area contributed by atoms with Crippen molar-refractivity contribution in [3.8, 4) is 5.69 Å². The van der Waals surface area contributed by atoms with Gasteiger partial charge < -0.3 is 4.90 Å². The van der Waals surface area contributed by atoms with Gasteiger partial charge >= 0.3 is 0 Å². The van der Waals surface area contributed by atoms with Gasteiger partial charge in [-0.2, -0.15) is 5.10 Å². The van der Waals surface area contributed by atoms with Gasteiger partial charge in [0.2, 0.25) is 5.91 Å². The fourth-order valence-corrected chi connectivity index (χ4v) is 4.27. The molecular formula is C20H26N4O. The van der Waals surface area contributed by atoms with Crippen molar-refractivity contribution < 1.29 is 4.79 Å². The topological polar surface area (TPSA) is 41.4 Å². The zero-order chi connectivity index (χ0) is 17.2. The highest BCUT2D eigenvalue weighted by Gasteiger charge is 2.39. The first kappa shape index (κ1) is 16.3. The number of benzene rings is 1. The normalized spacial score (nSPS) is 23.9. The molecule has 132 valence electrons. The van der Waals surface area contributed by atoms with E-state index in [-0.39, 0.29) is 5.92 Å². The largest absolute Gasteiger partial charge is 0.338 e. The monoisotopic (exact) mass is 338 g/mol. The van der Waals surface area contributed by atoms with E-state index in [1.54, 1.807) is 6.20 Å². The quantitative estimate of drug-likeness (QED) is 0.842. The fourth-order valence-electron chi connectivity index (χ4n) is 4.27. The maximum absolute atomic E-state index is 12.7. The first-order valence-corrected chi connectivity index (χ1v) is 9.36. The molecule has 4 heterocycles. The molecule has 2 aromatic rings. The molecule has 0 saturated carbocycles. The van der Waals surface area contributed by atoms with Crippen molar-refractivity contribution in [2.24, 2.45) is 5.92 Å². The number of amides is 1. The van der Waals surface area contributed by atoms with E-state index in [2.05, 4.69) is 46.1 Å². The van der Waals surface area contributed by atoms with E-state index in [4.69, 9.17) is 0 Å². The highest BCUT2D eigenvalue weighted by molar-refractivity contribution is 5.80. The zero-order valence-electron chi connectivity index (χ0n) is 14.8. The van der Waals surface area contributed by atoms with Gasteiger partial charge in [-0.05, 0) is 43.0 Å². The minimum Gasteiger partial charge on any atom is -0.338 e. The summed E-state index contributed by atoms with van der Waals surface area (Å²) >= 11 is 0. The van der Waals surface area contributed by atoms with E-state index in [1.165, 1.54) is 5.56 Å². The standard InChI is InChI=1S/C20H26N4O/c1-2-10-23-19-8-7-17(20(23)25)14-22(15-19)13-16-5-3-6-18(12-16)24-11-4-9-21-24/h3-6,9,11-12,17,19H,2,7-8,10,13-15H2,1H3/t17-,19+/m0/s1. The highest BCUT2D eigenvalue weighted by Crippen LogP contribution is 2.30. The summed E-state index contributed by atoms with van der Waals surface area (Å²) in [5.74, 6) is 0.561. The van der Waals surface area contributed by atoms with Gasteiger partial charge in [-0.15, -0.1) is 0 Å². The van der Waals surface area contributed by atoms with Crippen LogP contribution >= 0.6 is 0 Å². The number of fused-ring (bicyclic) bond motifs is 4. The van der Waals surface area contributed by atoms with Crippen molar-refractivity contribution in [1.29, 1.82) is 0 Å². The highest BCUT2D eigenvalue weighted by atomic mass is 16.2. The molecule has 25 heavy (non-hydrogen) atoms. The Hall–Kier alpha value is -2.14.